The van der Waals surface area contributed by atoms with Crippen molar-refractivity contribution >= 4 is 16.7 Å². The van der Waals surface area contributed by atoms with E-state index < -0.39 is 0 Å². The third kappa shape index (κ3) is 3.72. The van der Waals surface area contributed by atoms with Crippen molar-refractivity contribution in [3.8, 4) is 11.1 Å². The van der Waals surface area contributed by atoms with Gasteiger partial charge in [-0.3, -0.25) is 0 Å². The molecule has 0 radical (unpaired) electrons. The summed E-state index contributed by atoms with van der Waals surface area (Å²) in [6.45, 7) is 4.20. The smallest absolute Gasteiger partial charge is 0.338 e. The normalized spacial score (nSPS) is 12.1. The van der Waals surface area contributed by atoms with Gasteiger partial charge >= 0.3 is 5.97 Å². The van der Waals surface area contributed by atoms with E-state index in [0.717, 1.165) is 28.3 Å². The lowest BCUT2D eigenvalue weighted by Crippen LogP contribution is -2.17. The molecule has 0 saturated heterocycles. The summed E-state index contributed by atoms with van der Waals surface area (Å²) in [6.07, 6.45) is 0.864. The number of hydrogen-bond donors (Lipinski definition) is 1. The van der Waals surface area contributed by atoms with Crippen molar-refractivity contribution in [1.29, 1.82) is 0 Å². The lowest BCUT2D eigenvalue weighted by Gasteiger charge is -2.11. The van der Waals surface area contributed by atoms with Crippen molar-refractivity contribution in [2.24, 2.45) is 5.73 Å². The predicted molar refractivity (Wildman–Crippen MR) is 103 cm³/mol. The largest absolute Gasteiger partial charge is 0.462 e. The molecule has 0 heterocycles. The van der Waals surface area contributed by atoms with Gasteiger partial charge < -0.3 is 10.5 Å². The van der Waals surface area contributed by atoms with Crippen LogP contribution in [0, 0.1) is 0 Å². The van der Waals surface area contributed by atoms with Crippen LogP contribution in [0.2, 0.25) is 0 Å². The lowest BCUT2D eigenvalue weighted by atomic mass is 9.94. The molecule has 128 valence electrons. The van der Waals surface area contributed by atoms with Crippen molar-refractivity contribution < 1.29 is 9.53 Å². The van der Waals surface area contributed by atoms with E-state index in [1.54, 1.807) is 0 Å². The van der Waals surface area contributed by atoms with Crippen LogP contribution in [-0.2, 0) is 11.2 Å². The average molecular weight is 333 g/mol. The van der Waals surface area contributed by atoms with Crippen LogP contribution in [0.4, 0.5) is 0 Å². The number of nitrogens with two attached hydrogens (primary N) is 1. The fraction of sp³-hybridized carbons (Fsp3) is 0.227. The van der Waals surface area contributed by atoms with Crippen molar-refractivity contribution in [3.05, 3.63) is 71.8 Å². The van der Waals surface area contributed by atoms with Crippen LogP contribution in [0.15, 0.2) is 60.7 Å². The fourth-order valence-corrected chi connectivity index (χ4v) is 3.14. The molecular weight excluding hydrogens is 310 g/mol. The number of rotatable bonds is 5. The second-order valence-corrected chi connectivity index (χ2v) is 6.31. The monoisotopic (exact) mass is 333 g/mol. The molecule has 3 heteroatoms. The van der Waals surface area contributed by atoms with Crippen LogP contribution in [0.3, 0.4) is 0 Å². The molecule has 0 spiro atoms. The van der Waals surface area contributed by atoms with Crippen molar-refractivity contribution in [3.63, 3.8) is 0 Å². The lowest BCUT2D eigenvalue weighted by molar-refractivity contribution is 0.0528. The molecule has 0 fully saturated rings. The number of esters is 1. The molecule has 3 aromatic rings. The molecule has 0 unspecified atom stereocenters. The number of hydrogen-bond acceptors (Lipinski definition) is 3. The zero-order valence-electron chi connectivity index (χ0n) is 14.7. The summed E-state index contributed by atoms with van der Waals surface area (Å²) in [5, 5.41) is 1.96. The molecule has 3 rings (SSSR count). The molecule has 2 N–H and O–H groups in total. The van der Waals surface area contributed by atoms with Gasteiger partial charge in [0.2, 0.25) is 0 Å². The van der Waals surface area contributed by atoms with Crippen LogP contribution in [0.1, 0.15) is 29.8 Å². The van der Waals surface area contributed by atoms with Gasteiger partial charge in [-0.15, -0.1) is 0 Å². The Morgan fingerprint density at radius 3 is 2.36 bits per heavy atom. The minimum Gasteiger partial charge on any atom is -0.462 e. The second kappa shape index (κ2) is 7.49. The molecule has 0 aliphatic rings. The highest BCUT2D eigenvalue weighted by Crippen LogP contribution is 2.31. The van der Waals surface area contributed by atoms with Crippen LogP contribution in [0.5, 0.6) is 0 Å². The summed E-state index contributed by atoms with van der Waals surface area (Å²) in [5.74, 6) is -0.280. The van der Waals surface area contributed by atoms with Crippen LogP contribution < -0.4 is 5.73 Å². The summed E-state index contributed by atoms with van der Waals surface area (Å²) in [5.41, 5.74) is 9.94. The Morgan fingerprint density at radius 2 is 1.68 bits per heavy atom. The van der Waals surface area contributed by atoms with Gasteiger partial charge in [0.05, 0.1) is 12.2 Å². The molecule has 0 aliphatic carbocycles. The first-order chi connectivity index (χ1) is 12.1. The highest BCUT2D eigenvalue weighted by molar-refractivity contribution is 6.08. The van der Waals surface area contributed by atoms with Crippen LogP contribution in [0.25, 0.3) is 21.9 Å². The fourth-order valence-electron chi connectivity index (χ4n) is 3.14. The van der Waals surface area contributed by atoms with Crippen molar-refractivity contribution in [2.45, 2.75) is 26.3 Å². The van der Waals surface area contributed by atoms with Gasteiger partial charge in [-0.2, -0.15) is 0 Å². The molecular formula is C22H23NO2. The van der Waals surface area contributed by atoms with Crippen LogP contribution >= 0.6 is 0 Å². The molecule has 3 aromatic carbocycles. The Balaban J connectivity index is 2.05. The number of carbonyl (C=O) groups excluding carboxylic acids is 1. The van der Waals surface area contributed by atoms with Gasteiger partial charge in [0, 0.05) is 6.04 Å². The Morgan fingerprint density at radius 1 is 1.00 bits per heavy atom. The third-order valence-electron chi connectivity index (χ3n) is 4.24. The molecule has 25 heavy (non-hydrogen) atoms. The predicted octanol–water partition coefficient (Wildman–Crippen LogP) is 4.57. The Hall–Kier alpha value is -2.65. The van der Waals surface area contributed by atoms with Gasteiger partial charge in [0.25, 0.3) is 0 Å². The van der Waals surface area contributed by atoms with E-state index in [1.165, 1.54) is 5.56 Å². The molecule has 0 aromatic heterocycles. The first-order valence-electron chi connectivity index (χ1n) is 8.64. The van der Waals surface area contributed by atoms with E-state index in [9.17, 15) is 4.79 Å². The Bertz CT molecular complexity index is 882. The zero-order chi connectivity index (χ0) is 17.8. The molecule has 0 amide bonds. The molecule has 3 nitrogen and oxygen atoms in total. The summed E-state index contributed by atoms with van der Waals surface area (Å²) in [6, 6.07) is 20.4. The molecule has 1 atom stereocenters. The van der Waals surface area contributed by atoms with E-state index in [-0.39, 0.29) is 12.0 Å². The van der Waals surface area contributed by atoms with Crippen molar-refractivity contribution in [1.82, 2.24) is 0 Å². The molecule has 0 saturated carbocycles. The highest BCUT2D eigenvalue weighted by atomic mass is 16.5. The molecule has 0 bridgehead atoms. The topological polar surface area (TPSA) is 52.3 Å². The van der Waals surface area contributed by atoms with Crippen molar-refractivity contribution in [2.75, 3.05) is 6.61 Å². The zero-order valence-corrected chi connectivity index (χ0v) is 14.7. The summed E-state index contributed by atoms with van der Waals surface area (Å²) < 4.78 is 5.18. The first kappa shape index (κ1) is 17.2. The number of benzene rings is 3. The van der Waals surface area contributed by atoms with Gasteiger partial charge in [0.1, 0.15) is 0 Å². The SMILES string of the molecule is CCOC(=O)c1cccc2c(-c3ccc(C[C@@H](C)N)cc3)cccc12. The minimum absolute atomic E-state index is 0.149. The number of fused-ring (bicyclic) bond motifs is 1. The Kier molecular flexibility index (Phi) is 5.15. The van der Waals surface area contributed by atoms with E-state index in [2.05, 4.69) is 30.3 Å². The third-order valence-corrected chi connectivity index (χ3v) is 4.24. The quantitative estimate of drug-likeness (QED) is 0.696. The molecule has 0 aliphatic heterocycles. The van der Waals surface area contributed by atoms with Gasteiger partial charge in [-0.25, -0.2) is 4.79 Å². The standard InChI is InChI=1S/C22H23NO2/c1-3-25-22(24)21-9-5-7-19-18(6-4-8-20(19)21)17-12-10-16(11-13-17)14-15(2)23/h4-13,15H,3,14,23H2,1-2H3/t15-/m1/s1. The Labute approximate surface area is 148 Å². The first-order valence-corrected chi connectivity index (χ1v) is 8.64. The number of carbonyl (C=O) groups is 1. The van der Waals surface area contributed by atoms with E-state index in [4.69, 9.17) is 10.5 Å². The summed E-state index contributed by atoms with van der Waals surface area (Å²) in [4.78, 5) is 12.2. The summed E-state index contributed by atoms with van der Waals surface area (Å²) >= 11 is 0. The van der Waals surface area contributed by atoms with E-state index in [0.29, 0.717) is 12.2 Å². The number of ether oxygens (including phenoxy) is 1. The highest BCUT2D eigenvalue weighted by Gasteiger charge is 2.13. The maximum atomic E-state index is 12.2. The summed E-state index contributed by atoms with van der Waals surface area (Å²) in [7, 11) is 0. The maximum Gasteiger partial charge on any atom is 0.338 e. The average Bonchev–Trinajstić information content (AvgIpc) is 2.61. The van der Waals surface area contributed by atoms with Crippen LogP contribution in [-0.4, -0.2) is 18.6 Å². The minimum atomic E-state index is -0.280. The second-order valence-electron chi connectivity index (χ2n) is 6.31. The van der Waals surface area contributed by atoms with Gasteiger partial charge in [-0.05, 0) is 53.8 Å². The maximum absolute atomic E-state index is 12.2. The van der Waals surface area contributed by atoms with E-state index in [1.807, 2.05) is 44.2 Å². The van der Waals surface area contributed by atoms with Gasteiger partial charge in [-0.1, -0.05) is 54.6 Å². The van der Waals surface area contributed by atoms with E-state index >= 15 is 0 Å². The van der Waals surface area contributed by atoms with Gasteiger partial charge in [0.15, 0.2) is 0 Å².